The highest BCUT2D eigenvalue weighted by atomic mass is 16.5. The zero-order valence-electron chi connectivity index (χ0n) is 11.6. The van der Waals surface area contributed by atoms with Gasteiger partial charge in [0, 0.05) is 32.5 Å². The van der Waals surface area contributed by atoms with E-state index in [1.54, 1.807) is 6.92 Å². The van der Waals surface area contributed by atoms with Crippen molar-refractivity contribution in [1.29, 1.82) is 0 Å². The van der Waals surface area contributed by atoms with Gasteiger partial charge in [0.1, 0.15) is 0 Å². The summed E-state index contributed by atoms with van der Waals surface area (Å²) in [6.07, 6.45) is 3.17. The van der Waals surface area contributed by atoms with Crippen LogP contribution in [-0.2, 0) is 16.0 Å². The number of aryl methyl sites for hydroxylation is 2. The summed E-state index contributed by atoms with van der Waals surface area (Å²) in [5.41, 5.74) is 0. The largest absolute Gasteiger partial charge is 0.377 e. The van der Waals surface area contributed by atoms with Gasteiger partial charge in [-0.3, -0.25) is 4.79 Å². The average Bonchev–Trinajstić information content (AvgIpc) is 2.82. The second kappa shape index (κ2) is 6.65. The molecule has 0 bridgehead atoms. The number of piperidine rings is 1. The van der Waals surface area contributed by atoms with Crippen molar-refractivity contribution in [3.05, 3.63) is 11.7 Å². The van der Waals surface area contributed by atoms with Crippen molar-refractivity contribution in [1.82, 2.24) is 15.0 Å². The van der Waals surface area contributed by atoms with E-state index in [1.807, 2.05) is 11.8 Å². The van der Waals surface area contributed by atoms with Crippen LogP contribution >= 0.6 is 0 Å². The highest BCUT2D eigenvalue weighted by Gasteiger charge is 2.23. The molecule has 0 spiro atoms. The van der Waals surface area contributed by atoms with E-state index in [9.17, 15) is 4.79 Å². The summed E-state index contributed by atoms with van der Waals surface area (Å²) >= 11 is 0. The summed E-state index contributed by atoms with van der Waals surface area (Å²) in [5, 5.41) is 3.71. The number of carbonyl (C=O) groups is 1. The van der Waals surface area contributed by atoms with E-state index >= 15 is 0 Å². The average molecular weight is 267 g/mol. The zero-order chi connectivity index (χ0) is 13.7. The van der Waals surface area contributed by atoms with Crippen LogP contribution in [0.4, 0.5) is 0 Å². The minimum atomic E-state index is 0.139. The number of hydrogen-bond donors (Lipinski definition) is 0. The molecule has 1 unspecified atom stereocenters. The monoisotopic (exact) mass is 267 g/mol. The fourth-order valence-electron chi connectivity index (χ4n) is 2.35. The molecule has 1 atom stereocenters. The minimum Gasteiger partial charge on any atom is -0.377 e. The van der Waals surface area contributed by atoms with E-state index in [2.05, 4.69) is 10.1 Å². The van der Waals surface area contributed by atoms with Gasteiger partial charge >= 0.3 is 0 Å². The number of nitrogens with zero attached hydrogens (tertiary/aromatic N) is 3. The van der Waals surface area contributed by atoms with E-state index in [4.69, 9.17) is 9.26 Å². The number of amides is 1. The zero-order valence-corrected chi connectivity index (χ0v) is 11.6. The standard InChI is InChI=1S/C13H21N3O3/c1-3-18-11-5-4-8-16(9-11)13(17)7-6-12-14-10(2)15-19-12/h11H,3-9H2,1-2H3. The molecule has 1 aliphatic rings. The maximum absolute atomic E-state index is 12.1. The molecule has 1 fully saturated rings. The fraction of sp³-hybridized carbons (Fsp3) is 0.769. The van der Waals surface area contributed by atoms with Gasteiger partial charge in [-0.15, -0.1) is 0 Å². The Balaban J connectivity index is 1.79. The Morgan fingerprint density at radius 3 is 3.11 bits per heavy atom. The van der Waals surface area contributed by atoms with Crippen LogP contribution in [0, 0.1) is 6.92 Å². The predicted molar refractivity (Wildman–Crippen MR) is 68.6 cm³/mol. The van der Waals surface area contributed by atoms with Gasteiger partial charge in [0.05, 0.1) is 6.10 Å². The lowest BCUT2D eigenvalue weighted by atomic mass is 10.1. The van der Waals surface area contributed by atoms with Crippen LogP contribution in [0.15, 0.2) is 4.52 Å². The first-order chi connectivity index (χ1) is 9.19. The van der Waals surface area contributed by atoms with Crippen LogP contribution in [0.1, 0.15) is 37.9 Å². The van der Waals surface area contributed by atoms with Crippen molar-refractivity contribution in [3.63, 3.8) is 0 Å². The number of aromatic nitrogens is 2. The molecular formula is C13H21N3O3. The van der Waals surface area contributed by atoms with Crippen molar-refractivity contribution in [2.45, 2.75) is 45.6 Å². The van der Waals surface area contributed by atoms with Crippen molar-refractivity contribution in [2.75, 3.05) is 19.7 Å². The SMILES string of the molecule is CCOC1CCCN(C(=O)CCc2nc(C)no2)C1. The van der Waals surface area contributed by atoms with Crippen LogP contribution in [0.2, 0.25) is 0 Å². The molecule has 0 aromatic carbocycles. The van der Waals surface area contributed by atoms with E-state index in [0.717, 1.165) is 19.4 Å². The van der Waals surface area contributed by atoms with Crippen LogP contribution in [0.3, 0.4) is 0 Å². The van der Waals surface area contributed by atoms with Gasteiger partial charge < -0.3 is 14.2 Å². The first kappa shape index (κ1) is 14.0. The predicted octanol–water partition coefficient (Wildman–Crippen LogP) is 1.34. The molecule has 2 heterocycles. The van der Waals surface area contributed by atoms with Crippen molar-refractivity contribution in [3.8, 4) is 0 Å². The van der Waals surface area contributed by atoms with Crippen LogP contribution in [0.5, 0.6) is 0 Å². The van der Waals surface area contributed by atoms with Gasteiger partial charge in [-0.05, 0) is 26.7 Å². The normalized spacial score (nSPS) is 19.7. The molecule has 6 nitrogen and oxygen atoms in total. The van der Waals surface area contributed by atoms with Gasteiger partial charge in [-0.2, -0.15) is 4.98 Å². The molecular weight excluding hydrogens is 246 g/mol. The van der Waals surface area contributed by atoms with Gasteiger partial charge in [0.25, 0.3) is 0 Å². The third-order valence-corrected chi connectivity index (χ3v) is 3.26. The quantitative estimate of drug-likeness (QED) is 0.805. The smallest absolute Gasteiger partial charge is 0.227 e. The van der Waals surface area contributed by atoms with Crippen LogP contribution < -0.4 is 0 Å². The molecule has 1 saturated heterocycles. The van der Waals surface area contributed by atoms with E-state index in [1.165, 1.54) is 0 Å². The lowest BCUT2D eigenvalue weighted by molar-refractivity contribution is -0.135. The Bertz CT molecular complexity index is 417. The third-order valence-electron chi connectivity index (χ3n) is 3.26. The van der Waals surface area contributed by atoms with Gasteiger partial charge in [0.2, 0.25) is 11.8 Å². The molecule has 1 aliphatic heterocycles. The number of likely N-dealkylation sites (tertiary alicyclic amines) is 1. The number of rotatable bonds is 5. The molecule has 0 aliphatic carbocycles. The minimum absolute atomic E-state index is 0.139. The number of carbonyl (C=O) groups excluding carboxylic acids is 1. The Morgan fingerprint density at radius 1 is 1.58 bits per heavy atom. The van der Waals surface area contributed by atoms with Crippen molar-refractivity contribution < 1.29 is 14.1 Å². The first-order valence-corrected chi connectivity index (χ1v) is 6.87. The summed E-state index contributed by atoms with van der Waals surface area (Å²) in [7, 11) is 0. The fourth-order valence-corrected chi connectivity index (χ4v) is 2.35. The molecule has 0 radical (unpaired) electrons. The highest BCUT2D eigenvalue weighted by molar-refractivity contribution is 5.76. The summed E-state index contributed by atoms with van der Waals surface area (Å²) in [6.45, 7) is 5.99. The number of ether oxygens (including phenoxy) is 1. The van der Waals surface area contributed by atoms with E-state index in [0.29, 0.717) is 37.7 Å². The topological polar surface area (TPSA) is 68.5 Å². The van der Waals surface area contributed by atoms with E-state index in [-0.39, 0.29) is 12.0 Å². The molecule has 1 aromatic rings. The van der Waals surface area contributed by atoms with Crippen molar-refractivity contribution >= 4 is 5.91 Å². The summed E-state index contributed by atoms with van der Waals surface area (Å²) in [6, 6.07) is 0. The maximum atomic E-state index is 12.1. The molecule has 6 heteroatoms. The molecule has 0 saturated carbocycles. The lowest BCUT2D eigenvalue weighted by Crippen LogP contribution is -2.43. The molecule has 19 heavy (non-hydrogen) atoms. The Labute approximate surface area is 113 Å². The van der Waals surface area contributed by atoms with Gasteiger partial charge in [0.15, 0.2) is 5.82 Å². The molecule has 0 N–H and O–H groups in total. The summed E-state index contributed by atoms with van der Waals surface area (Å²) < 4.78 is 10.6. The van der Waals surface area contributed by atoms with Gasteiger partial charge in [-0.25, -0.2) is 0 Å². The maximum Gasteiger partial charge on any atom is 0.227 e. The first-order valence-electron chi connectivity index (χ1n) is 6.87. The number of hydrogen-bond acceptors (Lipinski definition) is 5. The molecule has 106 valence electrons. The van der Waals surface area contributed by atoms with Gasteiger partial charge in [-0.1, -0.05) is 5.16 Å². The van der Waals surface area contributed by atoms with E-state index < -0.39 is 0 Å². The second-order valence-corrected chi connectivity index (χ2v) is 4.79. The highest BCUT2D eigenvalue weighted by Crippen LogP contribution is 2.14. The van der Waals surface area contributed by atoms with Crippen LogP contribution in [-0.4, -0.2) is 46.7 Å². The Hall–Kier alpha value is -1.43. The second-order valence-electron chi connectivity index (χ2n) is 4.79. The van der Waals surface area contributed by atoms with Crippen LogP contribution in [0.25, 0.3) is 0 Å². The lowest BCUT2D eigenvalue weighted by Gasteiger charge is -2.32. The summed E-state index contributed by atoms with van der Waals surface area (Å²) in [4.78, 5) is 18.1. The Kier molecular flexibility index (Phi) is 4.90. The summed E-state index contributed by atoms with van der Waals surface area (Å²) in [5.74, 6) is 1.28. The Morgan fingerprint density at radius 2 is 2.42 bits per heavy atom. The van der Waals surface area contributed by atoms with Crippen molar-refractivity contribution in [2.24, 2.45) is 0 Å². The molecule has 1 amide bonds. The third kappa shape index (κ3) is 4.02. The molecule has 1 aromatic heterocycles. The molecule has 2 rings (SSSR count).